The Labute approximate surface area is 111 Å². The fourth-order valence-corrected chi connectivity index (χ4v) is 3.69. The Morgan fingerprint density at radius 1 is 1.58 bits per heavy atom. The number of nitrogens with zero attached hydrogens (tertiary/aromatic N) is 2. The normalized spacial score (nSPS) is 20.6. The van der Waals surface area contributed by atoms with E-state index in [9.17, 15) is 13.2 Å². The van der Waals surface area contributed by atoms with Crippen molar-refractivity contribution in [3.05, 3.63) is 12.4 Å². The lowest BCUT2D eigenvalue weighted by Crippen LogP contribution is -2.51. The van der Waals surface area contributed by atoms with Gasteiger partial charge in [0.1, 0.15) is 4.90 Å². The van der Waals surface area contributed by atoms with E-state index in [0.717, 1.165) is 17.3 Å². The Kier molecular flexibility index (Phi) is 4.17. The van der Waals surface area contributed by atoms with E-state index in [2.05, 4.69) is 15.5 Å². The molecular weight excluding hydrogens is 270 g/mol. The van der Waals surface area contributed by atoms with Gasteiger partial charge in [0.05, 0.1) is 12.7 Å². The molecule has 9 heteroatoms. The fourth-order valence-electron chi connectivity index (χ4n) is 2.16. The van der Waals surface area contributed by atoms with Gasteiger partial charge in [0.25, 0.3) is 0 Å². The summed E-state index contributed by atoms with van der Waals surface area (Å²) in [6, 6.07) is -0.263. The molecule has 1 aliphatic heterocycles. The van der Waals surface area contributed by atoms with Crippen molar-refractivity contribution in [2.45, 2.75) is 23.8 Å². The number of piperidine rings is 1. The molecule has 0 aromatic carbocycles. The summed E-state index contributed by atoms with van der Waals surface area (Å²) in [6.07, 6.45) is 4.08. The van der Waals surface area contributed by atoms with E-state index in [4.69, 9.17) is 5.73 Å². The maximum absolute atomic E-state index is 12.5. The summed E-state index contributed by atoms with van der Waals surface area (Å²) in [6.45, 7) is 1.05. The average molecular weight is 287 g/mol. The number of aromatic amines is 1. The van der Waals surface area contributed by atoms with Gasteiger partial charge in [0.2, 0.25) is 15.9 Å². The van der Waals surface area contributed by atoms with Crippen molar-refractivity contribution >= 4 is 15.9 Å². The van der Waals surface area contributed by atoms with Gasteiger partial charge in [-0.05, 0) is 19.4 Å². The molecule has 0 radical (unpaired) electrons. The van der Waals surface area contributed by atoms with Crippen LogP contribution in [0.5, 0.6) is 0 Å². The van der Waals surface area contributed by atoms with Crippen LogP contribution in [0.3, 0.4) is 0 Å². The zero-order valence-corrected chi connectivity index (χ0v) is 11.2. The predicted octanol–water partition coefficient (Wildman–Crippen LogP) is -1.36. The molecule has 2 heterocycles. The molecule has 1 amide bonds. The monoisotopic (exact) mass is 287 g/mol. The highest BCUT2D eigenvalue weighted by atomic mass is 32.2. The van der Waals surface area contributed by atoms with Crippen molar-refractivity contribution in [1.29, 1.82) is 0 Å². The first-order valence-electron chi connectivity index (χ1n) is 6.01. The van der Waals surface area contributed by atoms with E-state index < -0.39 is 15.9 Å². The highest BCUT2D eigenvalue weighted by Crippen LogP contribution is 2.20. The SMILES string of the molecule is NC(=O)CN(C1CCCNC1)S(=O)(=O)c1cn[nH]c1. The van der Waals surface area contributed by atoms with Gasteiger partial charge in [-0.15, -0.1) is 0 Å². The van der Waals surface area contributed by atoms with Crippen LogP contribution in [0.4, 0.5) is 0 Å². The van der Waals surface area contributed by atoms with Crippen LogP contribution < -0.4 is 11.1 Å². The second kappa shape index (κ2) is 5.68. The van der Waals surface area contributed by atoms with Gasteiger partial charge >= 0.3 is 0 Å². The molecule has 106 valence electrons. The van der Waals surface area contributed by atoms with Crippen molar-refractivity contribution in [3.8, 4) is 0 Å². The number of H-pyrrole nitrogens is 1. The lowest BCUT2D eigenvalue weighted by Gasteiger charge is -2.32. The Balaban J connectivity index is 2.28. The van der Waals surface area contributed by atoms with Gasteiger partial charge in [-0.1, -0.05) is 0 Å². The quantitative estimate of drug-likeness (QED) is 0.617. The average Bonchev–Trinajstić information content (AvgIpc) is 2.91. The van der Waals surface area contributed by atoms with Crippen LogP contribution in [0.2, 0.25) is 0 Å². The van der Waals surface area contributed by atoms with E-state index in [1.54, 1.807) is 0 Å². The summed E-state index contributed by atoms with van der Waals surface area (Å²) in [7, 11) is -3.75. The topological polar surface area (TPSA) is 121 Å². The number of carbonyl (C=O) groups excluding carboxylic acids is 1. The third-order valence-electron chi connectivity index (χ3n) is 3.07. The van der Waals surface area contributed by atoms with Gasteiger partial charge in [-0.3, -0.25) is 9.89 Å². The summed E-state index contributed by atoms with van der Waals surface area (Å²) >= 11 is 0. The molecule has 0 bridgehead atoms. The molecule has 1 aromatic heterocycles. The lowest BCUT2D eigenvalue weighted by molar-refractivity contribution is -0.118. The summed E-state index contributed by atoms with van der Waals surface area (Å²) in [4.78, 5) is 11.2. The summed E-state index contributed by atoms with van der Waals surface area (Å²) in [5.74, 6) is -0.669. The number of rotatable bonds is 5. The van der Waals surface area contributed by atoms with Crippen molar-refractivity contribution in [3.63, 3.8) is 0 Å². The van der Waals surface area contributed by atoms with E-state index >= 15 is 0 Å². The molecule has 2 rings (SSSR count). The largest absolute Gasteiger partial charge is 0.369 e. The number of carbonyl (C=O) groups is 1. The molecule has 0 spiro atoms. The number of sulfonamides is 1. The van der Waals surface area contributed by atoms with Crippen molar-refractivity contribution in [2.75, 3.05) is 19.6 Å². The van der Waals surface area contributed by atoms with Crippen LogP contribution in [0.1, 0.15) is 12.8 Å². The Morgan fingerprint density at radius 3 is 2.89 bits per heavy atom. The van der Waals surface area contributed by atoms with Crippen molar-refractivity contribution in [1.82, 2.24) is 19.8 Å². The minimum Gasteiger partial charge on any atom is -0.369 e. The van der Waals surface area contributed by atoms with Crippen LogP contribution in [-0.4, -0.2) is 54.5 Å². The number of hydrogen-bond acceptors (Lipinski definition) is 5. The highest BCUT2D eigenvalue weighted by molar-refractivity contribution is 7.89. The minimum atomic E-state index is -3.75. The molecule has 0 aliphatic carbocycles. The van der Waals surface area contributed by atoms with Crippen LogP contribution in [0.15, 0.2) is 17.3 Å². The third-order valence-corrected chi connectivity index (χ3v) is 4.93. The summed E-state index contributed by atoms with van der Waals surface area (Å²) in [5.41, 5.74) is 5.16. The lowest BCUT2D eigenvalue weighted by atomic mass is 10.1. The van der Waals surface area contributed by atoms with E-state index in [-0.39, 0.29) is 17.5 Å². The number of primary amides is 1. The minimum absolute atomic E-state index is 0.0410. The van der Waals surface area contributed by atoms with E-state index in [1.807, 2.05) is 0 Å². The van der Waals surface area contributed by atoms with Crippen molar-refractivity contribution in [2.24, 2.45) is 5.73 Å². The molecule has 1 atom stereocenters. The third kappa shape index (κ3) is 3.11. The molecule has 1 fully saturated rings. The molecule has 19 heavy (non-hydrogen) atoms. The zero-order chi connectivity index (χ0) is 13.9. The van der Waals surface area contributed by atoms with Gasteiger partial charge in [0.15, 0.2) is 0 Å². The van der Waals surface area contributed by atoms with Gasteiger partial charge < -0.3 is 11.1 Å². The van der Waals surface area contributed by atoms with Gasteiger partial charge in [-0.2, -0.15) is 9.40 Å². The standard InChI is InChI=1S/C10H17N5O3S/c11-10(16)7-15(8-2-1-3-12-4-8)19(17,18)9-5-13-14-6-9/h5-6,8,12H,1-4,7H2,(H2,11,16)(H,13,14). The first-order chi connectivity index (χ1) is 9.01. The molecule has 1 aliphatic rings. The molecule has 1 unspecified atom stereocenters. The Bertz CT molecular complexity index is 521. The van der Waals surface area contributed by atoms with Crippen LogP contribution >= 0.6 is 0 Å². The van der Waals surface area contributed by atoms with Crippen LogP contribution in [-0.2, 0) is 14.8 Å². The van der Waals surface area contributed by atoms with E-state index in [1.165, 1.54) is 12.4 Å². The second-order valence-electron chi connectivity index (χ2n) is 4.45. The number of aromatic nitrogens is 2. The van der Waals surface area contributed by atoms with Crippen LogP contribution in [0.25, 0.3) is 0 Å². The fraction of sp³-hybridized carbons (Fsp3) is 0.600. The Hall–Kier alpha value is -1.45. The molecule has 4 N–H and O–H groups in total. The maximum Gasteiger partial charge on any atom is 0.246 e. The smallest absolute Gasteiger partial charge is 0.246 e. The van der Waals surface area contributed by atoms with Gasteiger partial charge in [0, 0.05) is 18.8 Å². The second-order valence-corrected chi connectivity index (χ2v) is 6.34. The molecule has 8 nitrogen and oxygen atoms in total. The van der Waals surface area contributed by atoms with E-state index in [0.29, 0.717) is 13.0 Å². The predicted molar refractivity (Wildman–Crippen MR) is 67.6 cm³/mol. The number of hydrogen-bond donors (Lipinski definition) is 3. The maximum atomic E-state index is 12.5. The summed E-state index contributed by atoms with van der Waals surface area (Å²) in [5, 5.41) is 9.22. The molecule has 1 aromatic rings. The summed E-state index contributed by atoms with van der Waals surface area (Å²) < 4.78 is 26.1. The number of amides is 1. The van der Waals surface area contributed by atoms with Gasteiger partial charge in [-0.25, -0.2) is 8.42 Å². The first-order valence-corrected chi connectivity index (χ1v) is 7.45. The molecule has 1 saturated heterocycles. The highest BCUT2D eigenvalue weighted by Gasteiger charge is 2.33. The van der Waals surface area contributed by atoms with Crippen molar-refractivity contribution < 1.29 is 13.2 Å². The number of nitrogens with two attached hydrogens (primary N) is 1. The first kappa shape index (κ1) is 14.0. The molecule has 0 saturated carbocycles. The molecular formula is C10H17N5O3S. The van der Waals surface area contributed by atoms with Crippen LogP contribution in [0, 0.1) is 0 Å². The zero-order valence-electron chi connectivity index (χ0n) is 10.4. The number of nitrogens with one attached hydrogen (secondary N) is 2. The Morgan fingerprint density at radius 2 is 2.37 bits per heavy atom.